The molecule has 1 saturated carbocycles. The molecule has 0 atom stereocenters. The predicted octanol–water partition coefficient (Wildman–Crippen LogP) is 2.28. The van der Waals surface area contributed by atoms with E-state index in [0.717, 1.165) is 11.0 Å². The molecule has 1 aliphatic rings. The molecule has 2 nitrogen and oxygen atoms in total. The minimum atomic E-state index is -0.0180. The van der Waals surface area contributed by atoms with Gasteiger partial charge in [0.25, 0.3) is 0 Å². The normalized spacial score (nSPS) is 19.2. The highest BCUT2D eigenvalue weighted by atomic mass is 32.2. The largest absolute Gasteiger partial charge is 0.355 e. The van der Waals surface area contributed by atoms with Gasteiger partial charge in [-0.05, 0) is 12.8 Å². The van der Waals surface area contributed by atoms with Crippen LogP contribution in [0.25, 0.3) is 0 Å². The lowest BCUT2D eigenvalue weighted by atomic mass is 10.4. The number of ether oxygens (including phenoxy) is 2. The third-order valence-corrected chi connectivity index (χ3v) is 3.70. The first-order valence-electron chi connectivity index (χ1n) is 4.54. The predicted molar refractivity (Wildman–Crippen MR) is 52.5 cm³/mol. The van der Waals surface area contributed by atoms with E-state index in [-0.39, 0.29) is 6.29 Å². The molecule has 1 aliphatic carbocycles. The van der Waals surface area contributed by atoms with Gasteiger partial charge in [-0.25, -0.2) is 0 Å². The lowest BCUT2D eigenvalue weighted by molar-refractivity contribution is -0.0842. The van der Waals surface area contributed by atoms with Crippen LogP contribution in [0.1, 0.15) is 25.7 Å². The van der Waals surface area contributed by atoms with Crippen LogP contribution >= 0.6 is 11.8 Å². The van der Waals surface area contributed by atoms with E-state index in [2.05, 4.69) is 0 Å². The maximum atomic E-state index is 5.12. The van der Waals surface area contributed by atoms with Crippen molar-refractivity contribution in [3.8, 4) is 0 Å². The van der Waals surface area contributed by atoms with Crippen LogP contribution < -0.4 is 0 Å². The molecular weight excluding hydrogens is 172 g/mol. The van der Waals surface area contributed by atoms with Crippen molar-refractivity contribution in [2.24, 2.45) is 0 Å². The van der Waals surface area contributed by atoms with Crippen molar-refractivity contribution < 1.29 is 9.47 Å². The SMILES string of the molecule is COC(CSC1CCCC1)OC. The minimum Gasteiger partial charge on any atom is -0.355 e. The van der Waals surface area contributed by atoms with E-state index < -0.39 is 0 Å². The summed E-state index contributed by atoms with van der Waals surface area (Å²) in [4.78, 5) is 0. The second-order valence-corrected chi connectivity index (χ2v) is 4.47. The zero-order valence-electron chi connectivity index (χ0n) is 7.91. The van der Waals surface area contributed by atoms with E-state index in [1.807, 2.05) is 11.8 Å². The summed E-state index contributed by atoms with van der Waals surface area (Å²) in [5, 5.41) is 0.859. The van der Waals surface area contributed by atoms with E-state index in [1.165, 1.54) is 25.7 Å². The van der Waals surface area contributed by atoms with Crippen molar-refractivity contribution in [1.82, 2.24) is 0 Å². The monoisotopic (exact) mass is 190 g/mol. The molecule has 0 heterocycles. The highest BCUT2D eigenvalue weighted by Crippen LogP contribution is 2.29. The average Bonchev–Trinajstić information content (AvgIpc) is 2.59. The van der Waals surface area contributed by atoms with Crippen LogP contribution in [0.4, 0.5) is 0 Å². The fraction of sp³-hybridized carbons (Fsp3) is 1.00. The van der Waals surface area contributed by atoms with Gasteiger partial charge in [0, 0.05) is 25.2 Å². The molecule has 1 rings (SSSR count). The van der Waals surface area contributed by atoms with Crippen LogP contribution in [-0.2, 0) is 9.47 Å². The fourth-order valence-corrected chi connectivity index (χ4v) is 2.87. The second-order valence-electron chi connectivity index (χ2n) is 3.14. The Morgan fingerprint density at radius 2 is 1.83 bits per heavy atom. The Kier molecular flexibility index (Phi) is 5.04. The Morgan fingerprint density at radius 1 is 1.25 bits per heavy atom. The third-order valence-electron chi connectivity index (χ3n) is 2.30. The molecule has 3 heteroatoms. The summed E-state index contributed by atoms with van der Waals surface area (Å²) in [5.41, 5.74) is 0. The molecule has 0 aromatic rings. The molecule has 0 saturated heterocycles. The molecule has 0 bridgehead atoms. The minimum absolute atomic E-state index is 0.0180. The van der Waals surface area contributed by atoms with E-state index in [1.54, 1.807) is 14.2 Å². The Hall–Kier alpha value is 0.270. The summed E-state index contributed by atoms with van der Waals surface area (Å²) in [5.74, 6) is 0.970. The Bertz CT molecular complexity index is 107. The number of thioether (sulfide) groups is 1. The van der Waals surface area contributed by atoms with Gasteiger partial charge in [-0.15, -0.1) is 0 Å². The van der Waals surface area contributed by atoms with Gasteiger partial charge in [0.05, 0.1) is 0 Å². The smallest absolute Gasteiger partial charge is 0.165 e. The zero-order valence-corrected chi connectivity index (χ0v) is 8.73. The molecule has 0 spiro atoms. The fourth-order valence-electron chi connectivity index (χ4n) is 1.50. The van der Waals surface area contributed by atoms with Gasteiger partial charge >= 0.3 is 0 Å². The van der Waals surface area contributed by atoms with Crippen LogP contribution in [0.5, 0.6) is 0 Å². The summed E-state index contributed by atoms with van der Waals surface area (Å²) in [7, 11) is 3.40. The summed E-state index contributed by atoms with van der Waals surface area (Å²) in [6.45, 7) is 0. The molecule has 0 unspecified atom stereocenters. The van der Waals surface area contributed by atoms with E-state index in [9.17, 15) is 0 Å². The van der Waals surface area contributed by atoms with Gasteiger partial charge < -0.3 is 9.47 Å². The van der Waals surface area contributed by atoms with Crippen molar-refractivity contribution in [3.63, 3.8) is 0 Å². The molecule has 0 aromatic heterocycles. The molecule has 0 radical (unpaired) electrons. The van der Waals surface area contributed by atoms with Gasteiger partial charge in [-0.1, -0.05) is 12.8 Å². The van der Waals surface area contributed by atoms with Crippen LogP contribution in [0.15, 0.2) is 0 Å². The topological polar surface area (TPSA) is 18.5 Å². The highest BCUT2D eigenvalue weighted by Gasteiger charge is 2.17. The van der Waals surface area contributed by atoms with Gasteiger partial charge in [-0.3, -0.25) is 0 Å². The van der Waals surface area contributed by atoms with Gasteiger partial charge in [-0.2, -0.15) is 11.8 Å². The summed E-state index contributed by atoms with van der Waals surface area (Å²) in [6.07, 6.45) is 5.55. The quantitative estimate of drug-likeness (QED) is 0.620. The van der Waals surface area contributed by atoms with Gasteiger partial charge in [0.2, 0.25) is 0 Å². The number of methoxy groups -OCH3 is 2. The van der Waals surface area contributed by atoms with Crippen LogP contribution in [0, 0.1) is 0 Å². The maximum Gasteiger partial charge on any atom is 0.165 e. The molecule has 0 aliphatic heterocycles. The summed E-state index contributed by atoms with van der Waals surface area (Å²) < 4.78 is 10.2. The Morgan fingerprint density at radius 3 is 2.33 bits per heavy atom. The van der Waals surface area contributed by atoms with E-state index in [4.69, 9.17) is 9.47 Å². The van der Waals surface area contributed by atoms with E-state index in [0.29, 0.717) is 0 Å². The standard InChI is InChI=1S/C9H18O2S/c1-10-9(11-2)7-12-8-5-3-4-6-8/h8-9H,3-7H2,1-2H3. The van der Waals surface area contributed by atoms with Crippen LogP contribution in [0.2, 0.25) is 0 Å². The average molecular weight is 190 g/mol. The van der Waals surface area contributed by atoms with Crippen LogP contribution in [-0.4, -0.2) is 31.5 Å². The molecule has 0 N–H and O–H groups in total. The third kappa shape index (κ3) is 3.33. The Labute approximate surface area is 79.0 Å². The van der Waals surface area contributed by atoms with Gasteiger partial charge in [0.1, 0.15) is 0 Å². The first-order valence-corrected chi connectivity index (χ1v) is 5.59. The highest BCUT2D eigenvalue weighted by molar-refractivity contribution is 7.99. The van der Waals surface area contributed by atoms with Crippen molar-refractivity contribution in [1.29, 1.82) is 0 Å². The van der Waals surface area contributed by atoms with Gasteiger partial charge in [0.15, 0.2) is 6.29 Å². The summed E-state index contributed by atoms with van der Waals surface area (Å²) in [6, 6.07) is 0. The molecular formula is C9H18O2S. The molecule has 0 aromatic carbocycles. The lowest BCUT2D eigenvalue weighted by Gasteiger charge is -2.15. The molecule has 1 fully saturated rings. The first kappa shape index (κ1) is 10.4. The van der Waals surface area contributed by atoms with Crippen molar-refractivity contribution >= 4 is 11.8 Å². The summed E-state index contributed by atoms with van der Waals surface area (Å²) >= 11 is 1.99. The molecule has 0 amide bonds. The number of rotatable bonds is 5. The van der Waals surface area contributed by atoms with Crippen molar-refractivity contribution in [2.75, 3.05) is 20.0 Å². The van der Waals surface area contributed by atoms with Crippen molar-refractivity contribution in [2.45, 2.75) is 37.2 Å². The zero-order chi connectivity index (χ0) is 8.81. The van der Waals surface area contributed by atoms with E-state index >= 15 is 0 Å². The van der Waals surface area contributed by atoms with Crippen molar-refractivity contribution in [3.05, 3.63) is 0 Å². The number of hydrogen-bond acceptors (Lipinski definition) is 3. The first-order chi connectivity index (χ1) is 5.86. The number of hydrogen-bond donors (Lipinski definition) is 0. The molecule has 72 valence electrons. The Balaban J connectivity index is 2.06. The maximum absolute atomic E-state index is 5.12. The lowest BCUT2D eigenvalue weighted by Crippen LogP contribution is -2.17. The van der Waals surface area contributed by atoms with Crippen LogP contribution in [0.3, 0.4) is 0 Å². The second kappa shape index (κ2) is 5.84. The molecule has 12 heavy (non-hydrogen) atoms.